The summed E-state index contributed by atoms with van der Waals surface area (Å²) in [6.45, 7) is 2.09. The lowest BCUT2D eigenvalue weighted by molar-refractivity contribution is -0.143. The van der Waals surface area contributed by atoms with Gasteiger partial charge < -0.3 is 9.30 Å². The summed E-state index contributed by atoms with van der Waals surface area (Å²) in [5.74, 6) is -0.689. The van der Waals surface area contributed by atoms with Gasteiger partial charge in [0.15, 0.2) is 4.80 Å². The molecule has 0 fully saturated rings. The van der Waals surface area contributed by atoms with E-state index in [0.717, 1.165) is 21.0 Å². The van der Waals surface area contributed by atoms with Crippen LogP contribution in [0.15, 0.2) is 71.7 Å². The Morgan fingerprint density at radius 1 is 1.00 bits per heavy atom. The number of carbonyl (C=O) groups is 2. The normalized spacial score (nSPS) is 11.8. The highest BCUT2D eigenvalue weighted by atomic mass is 32.1. The van der Waals surface area contributed by atoms with Gasteiger partial charge in [-0.2, -0.15) is 4.99 Å². The molecule has 0 N–H and O–H groups in total. The minimum absolute atomic E-state index is 0.0134. The maximum atomic E-state index is 13.0. The second-order valence-electron chi connectivity index (χ2n) is 6.19. The third-order valence-electron chi connectivity index (χ3n) is 4.40. The largest absolute Gasteiger partial charge is 0.465 e. The van der Waals surface area contributed by atoms with Crippen molar-refractivity contribution >= 4 is 44.2 Å². The molecule has 3 aromatic carbocycles. The van der Waals surface area contributed by atoms with Crippen LogP contribution in [0.1, 0.15) is 17.3 Å². The van der Waals surface area contributed by atoms with Gasteiger partial charge >= 0.3 is 5.97 Å². The van der Waals surface area contributed by atoms with Crippen LogP contribution in [0.5, 0.6) is 0 Å². The Morgan fingerprint density at radius 3 is 2.61 bits per heavy atom. The van der Waals surface area contributed by atoms with Crippen molar-refractivity contribution < 1.29 is 14.3 Å². The van der Waals surface area contributed by atoms with Gasteiger partial charge in [0.1, 0.15) is 6.54 Å². The van der Waals surface area contributed by atoms with Gasteiger partial charge in [0.25, 0.3) is 5.91 Å². The average Bonchev–Trinajstić information content (AvgIpc) is 3.04. The van der Waals surface area contributed by atoms with Crippen LogP contribution < -0.4 is 4.80 Å². The highest BCUT2D eigenvalue weighted by Gasteiger charge is 2.13. The molecule has 0 saturated heterocycles. The van der Waals surface area contributed by atoms with E-state index in [-0.39, 0.29) is 18.4 Å². The van der Waals surface area contributed by atoms with Crippen molar-refractivity contribution in [2.75, 3.05) is 6.61 Å². The predicted octanol–water partition coefficient (Wildman–Crippen LogP) is 4.16. The molecule has 28 heavy (non-hydrogen) atoms. The Balaban J connectivity index is 1.84. The molecule has 1 amide bonds. The van der Waals surface area contributed by atoms with Crippen LogP contribution in [0.2, 0.25) is 0 Å². The van der Waals surface area contributed by atoms with Gasteiger partial charge in [0.05, 0.1) is 16.8 Å². The number of hydrogen-bond donors (Lipinski definition) is 0. The van der Waals surface area contributed by atoms with E-state index in [2.05, 4.69) is 4.99 Å². The highest BCUT2D eigenvalue weighted by molar-refractivity contribution is 7.16. The van der Waals surface area contributed by atoms with Gasteiger partial charge in [0.2, 0.25) is 0 Å². The van der Waals surface area contributed by atoms with Gasteiger partial charge in [-0.15, -0.1) is 0 Å². The van der Waals surface area contributed by atoms with Crippen LogP contribution >= 0.6 is 11.3 Å². The zero-order chi connectivity index (χ0) is 19.5. The minimum Gasteiger partial charge on any atom is -0.465 e. The standard InChI is InChI=1S/C22H18N2O3S/c1-2-27-20(25)14-24-18-12-5-6-13-19(18)28-22(24)23-21(26)17-11-7-9-15-8-3-4-10-16(15)17/h3-13H,2,14H2,1H3/b23-22+. The number of fused-ring (bicyclic) bond motifs is 2. The number of carbonyl (C=O) groups excluding carboxylic acids is 2. The first-order valence-corrected chi connectivity index (χ1v) is 9.80. The van der Waals surface area contributed by atoms with Crippen LogP contribution in [0.3, 0.4) is 0 Å². The van der Waals surface area contributed by atoms with E-state index in [1.165, 1.54) is 11.3 Å². The fraction of sp³-hybridized carbons (Fsp3) is 0.136. The van der Waals surface area contributed by atoms with E-state index in [0.29, 0.717) is 17.0 Å². The molecule has 6 heteroatoms. The average molecular weight is 390 g/mol. The van der Waals surface area contributed by atoms with Gasteiger partial charge in [-0.3, -0.25) is 9.59 Å². The van der Waals surface area contributed by atoms with E-state index in [9.17, 15) is 9.59 Å². The first-order valence-electron chi connectivity index (χ1n) is 8.98. The number of aromatic nitrogens is 1. The van der Waals surface area contributed by atoms with Crippen molar-refractivity contribution in [3.8, 4) is 0 Å². The number of thiazole rings is 1. The van der Waals surface area contributed by atoms with E-state index < -0.39 is 0 Å². The van der Waals surface area contributed by atoms with Crippen molar-refractivity contribution in [2.45, 2.75) is 13.5 Å². The van der Waals surface area contributed by atoms with Crippen LogP contribution in [-0.2, 0) is 16.1 Å². The molecule has 140 valence electrons. The maximum absolute atomic E-state index is 13.0. The maximum Gasteiger partial charge on any atom is 0.326 e. The Bertz CT molecular complexity index is 1250. The summed E-state index contributed by atoms with van der Waals surface area (Å²) in [6.07, 6.45) is 0. The quantitative estimate of drug-likeness (QED) is 0.492. The lowest BCUT2D eigenvalue weighted by Gasteiger charge is -2.05. The fourth-order valence-electron chi connectivity index (χ4n) is 3.15. The fourth-order valence-corrected chi connectivity index (χ4v) is 4.18. The molecular weight excluding hydrogens is 372 g/mol. The molecule has 0 radical (unpaired) electrons. The molecule has 0 bridgehead atoms. The first-order chi connectivity index (χ1) is 13.7. The van der Waals surface area contributed by atoms with E-state index in [4.69, 9.17) is 4.74 Å². The molecule has 1 heterocycles. The molecule has 4 aromatic rings. The number of esters is 1. The summed E-state index contributed by atoms with van der Waals surface area (Å²) >= 11 is 1.38. The van der Waals surface area contributed by atoms with Crippen molar-refractivity contribution in [3.63, 3.8) is 0 Å². The third-order valence-corrected chi connectivity index (χ3v) is 5.46. The van der Waals surface area contributed by atoms with Crippen molar-refractivity contribution in [1.82, 2.24) is 4.57 Å². The Labute approximate surface area is 165 Å². The molecule has 0 unspecified atom stereocenters. The molecule has 4 rings (SSSR count). The number of rotatable bonds is 4. The number of nitrogens with zero attached hydrogens (tertiary/aromatic N) is 2. The number of hydrogen-bond acceptors (Lipinski definition) is 4. The SMILES string of the molecule is CCOC(=O)Cn1/c(=N\C(=O)c2cccc3ccccc23)sc2ccccc21. The van der Waals surface area contributed by atoms with E-state index in [1.807, 2.05) is 60.7 Å². The summed E-state index contributed by atoms with van der Waals surface area (Å²) in [4.78, 5) is 29.9. The van der Waals surface area contributed by atoms with Gasteiger partial charge in [0, 0.05) is 5.56 Å². The van der Waals surface area contributed by atoms with Crippen molar-refractivity contribution in [2.24, 2.45) is 4.99 Å². The Morgan fingerprint density at radius 2 is 1.75 bits per heavy atom. The van der Waals surface area contributed by atoms with Crippen LogP contribution in [0.4, 0.5) is 0 Å². The second-order valence-corrected chi connectivity index (χ2v) is 7.20. The summed E-state index contributed by atoms with van der Waals surface area (Å²) < 4.78 is 7.78. The lowest BCUT2D eigenvalue weighted by Crippen LogP contribution is -2.23. The Hall–Kier alpha value is -3.25. The molecule has 1 aromatic heterocycles. The topological polar surface area (TPSA) is 60.7 Å². The number of ether oxygens (including phenoxy) is 1. The molecule has 5 nitrogen and oxygen atoms in total. The van der Waals surface area contributed by atoms with Gasteiger partial charge in [-0.05, 0) is 35.9 Å². The zero-order valence-electron chi connectivity index (χ0n) is 15.3. The minimum atomic E-state index is -0.356. The molecule has 0 spiro atoms. The van der Waals surface area contributed by atoms with Crippen molar-refractivity contribution in [3.05, 3.63) is 77.1 Å². The smallest absolute Gasteiger partial charge is 0.326 e. The van der Waals surface area contributed by atoms with Crippen LogP contribution in [0.25, 0.3) is 21.0 Å². The monoisotopic (exact) mass is 390 g/mol. The summed E-state index contributed by atoms with van der Waals surface area (Å²) in [5, 5.41) is 1.84. The second kappa shape index (κ2) is 7.78. The molecule has 0 atom stereocenters. The molecule has 0 aliphatic rings. The number of benzene rings is 3. The van der Waals surface area contributed by atoms with Crippen molar-refractivity contribution in [1.29, 1.82) is 0 Å². The summed E-state index contributed by atoms with van der Waals surface area (Å²) in [5.41, 5.74) is 1.39. The Kier molecular flexibility index (Phi) is 5.04. The van der Waals surface area contributed by atoms with Gasteiger partial charge in [-0.1, -0.05) is 59.9 Å². The molecule has 0 aliphatic carbocycles. The molecular formula is C22H18N2O3S. The zero-order valence-corrected chi connectivity index (χ0v) is 16.1. The molecule has 0 saturated carbocycles. The summed E-state index contributed by atoms with van der Waals surface area (Å²) in [7, 11) is 0. The van der Waals surface area contributed by atoms with E-state index >= 15 is 0 Å². The van der Waals surface area contributed by atoms with Gasteiger partial charge in [-0.25, -0.2) is 0 Å². The van der Waals surface area contributed by atoms with Crippen LogP contribution in [0, 0.1) is 0 Å². The van der Waals surface area contributed by atoms with Crippen LogP contribution in [-0.4, -0.2) is 23.1 Å². The first kappa shape index (κ1) is 18.1. The van der Waals surface area contributed by atoms with E-state index in [1.54, 1.807) is 17.6 Å². The number of amides is 1. The summed E-state index contributed by atoms with van der Waals surface area (Å²) in [6, 6.07) is 21.0. The molecule has 0 aliphatic heterocycles. The number of para-hydroxylation sites is 1. The highest BCUT2D eigenvalue weighted by Crippen LogP contribution is 2.20. The lowest BCUT2D eigenvalue weighted by atomic mass is 10.0. The third kappa shape index (κ3) is 3.46. The predicted molar refractivity (Wildman–Crippen MR) is 110 cm³/mol.